The van der Waals surface area contributed by atoms with Crippen molar-refractivity contribution < 1.29 is 17.6 Å². The highest BCUT2D eigenvalue weighted by atomic mass is 35.5. The second-order valence-electron chi connectivity index (χ2n) is 7.02. The number of hydrogen-bond acceptors (Lipinski definition) is 6. The molecule has 11 heteroatoms. The third-order valence-corrected chi connectivity index (χ3v) is 8.54. The lowest BCUT2D eigenvalue weighted by Crippen LogP contribution is -2.31. The molecular weight excluding hydrogens is 463 g/mol. The van der Waals surface area contributed by atoms with E-state index < -0.39 is 27.8 Å². The van der Waals surface area contributed by atoms with Crippen molar-refractivity contribution in [1.29, 1.82) is 0 Å². The Morgan fingerprint density at radius 1 is 1.23 bits per heavy atom. The van der Waals surface area contributed by atoms with Crippen LogP contribution in [0.1, 0.15) is 39.3 Å². The third-order valence-electron chi connectivity index (χ3n) is 5.05. The molecule has 0 saturated carbocycles. The molecule has 0 aliphatic carbocycles. The third kappa shape index (κ3) is 4.20. The predicted octanol–water partition coefficient (Wildman–Crippen LogP) is 4.42. The van der Waals surface area contributed by atoms with E-state index in [4.69, 9.17) is 11.6 Å². The molecule has 31 heavy (non-hydrogen) atoms. The minimum Gasteiger partial charge on any atom is -0.317 e. The minimum absolute atomic E-state index is 0.0291. The Labute approximate surface area is 187 Å². The Hall–Kier alpha value is -2.40. The molecule has 1 atom stereocenters. The smallest absolute Gasteiger partial charge is 0.286 e. The number of nitrogens with zero attached hydrogens (tertiary/aromatic N) is 3. The van der Waals surface area contributed by atoms with Crippen LogP contribution in [0, 0.1) is 12.7 Å². The molecule has 1 aliphatic heterocycles. The number of nitrogens with one attached hydrogen (secondary N) is 1. The van der Waals surface area contributed by atoms with E-state index in [1.54, 1.807) is 25.1 Å². The van der Waals surface area contributed by atoms with Crippen molar-refractivity contribution >= 4 is 44.6 Å². The lowest BCUT2D eigenvalue weighted by atomic mass is 10.2. The SMILES string of the molecule is Cc1c(Cl)cccc1S(=O)(=O)N1CCC[C@@H]1c1nnc(C(=O)Nc2ccccc2F)s1. The van der Waals surface area contributed by atoms with Gasteiger partial charge in [-0.05, 0) is 49.6 Å². The first-order valence-electron chi connectivity index (χ1n) is 9.45. The van der Waals surface area contributed by atoms with Crippen LogP contribution in [0.2, 0.25) is 5.02 Å². The summed E-state index contributed by atoms with van der Waals surface area (Å²) in [5, 5.41) is 11.2. The Morgan fingerprint density at radius 3 is 2.77 bits per heavy atom. The van der Waals surface area contributed by atoms with Gasteiger partial charge in [0, 0.05) is 11.6 Å². The first-order valence-corrected chi connectivity index (χ1v) is 12.1. The molecule has 4 rings (SSSR count). The van der Waals surface area contributed by atoms with Gasteiger partial charge in [-0.15, -0.1) is 10.2 Å². The van der Waals surface area contributed by atoms with Crippen molar-refractivity contribution in [1.82, 2.24) is 14.5 Å². The van der Waals surface area contributed by atoms with Crippen LogP contribution in [0.25, 0.3) is 0 Å². The summed E-state index contributed by atoms with van der Waals surface area (Å²) in [5.41, 5.74) is 0.516. The van der Waals surface area contributed by atoms with Gasteiger partial charge in [0.2, 0.25) is 15.0 Å². The fourth-order valence-corrected chi connectivity index (χ4v) is 6.56. The van der Waals surface area contributed by atoms with Crippen LogP contribution in [-0.2, 0) is 10.0 Å². The zero-order valence-electron chi connectivity index (χ0n) is 16.4. The number of halogens is 2. The number of carbonyl (C=O) groups is 1. The molecule has 7 nitrogen and oxygen atoms in total. The molecule has 2 aromatic carbocycles. The van der Waals surface area contributed by atoms with E-state index in [2.05, 4.69) is 15.5 Å². The predicted molar refractivity (Wildman–Crippen MR) is 116 cm³/mol. The molecule has 0 radical (unpaired) electrons. The van der Waals surface area contributed by atoms with Gasteiger partial charge in [0.05, 0.1) is 16.6 Å². The zero-order chi connectivity index (χ0) is 22.2. The number of amides is 1. The highest BCUT2D eigenvalue weighted by Gasteiger charge is 2.39. The van der Waals surface area contributed by atoms with Gasteiger partial charge in [-0.25, -0.2) is 12.8 Å². The van der Waals surface area contributed by atoms with Crippen LogP contribution >= 0.6 is 22.9 Å². The number of anilines is 1. The van der Waals surface area contributed by atoms with Crippen LogP contribution in [0.15, 0.2) is 47.4 Å². The Kier molecular flexibility index (Phi) is 6.07. The number of aromatic nitrogens is 2. The average Bonchev–Trinajstić information content (AvgIpc) is 3.41. The van der Waals surface area contributed by atoms with E-state index in [1.165, 1.54) is 28.6 Å². The quantitative estimate of drug-likeness (QED) is 0.583. The highest BCUT2D eigenvalue weighted by Crippen LogP contribution is 2.39. The summed E-state index contributed by atoms with van der Waals surface area (Å²) < 4.78 is 41.8. The maximum atomic E-state index is 13.8. The van der Waals surface area contributed by atoms with Gasteiger partial charge in [0.15, 0.2) is 0 Å². The molecule has 1 aliphatic rings. The van der Waals surface area contributed by atoms with E-state index >= 15 is 0 Å². The van der Waals surface area contributed by atoms with Crippen molar-refractivity contribution in [2.24, 2.45) is 0 Å². The number of benzene rings is 2. The van der Waals surface area contributed by atoms with Gasteiger partial charge in [0.25, 0.3) is 5.91 Å². The largest absolute Gasteiger partial charge is 0.317 e. The summed E-state index contributed by atoms with van der Waals surface area (Å²) in [6.07, 6.45) is 1.21. The van der Waals surface area contributed by atoms with Crippen LogP contribution in [0.3, 0.4) is 0 Å². The molecule has 2 heterocycles. The summed E-state index contributed by atoms with van der Waals surface area (Å²) in [7, 11) is -3.82. The Balaban J connectivity index is 1.59. The van der Waals surface area contributed by atoms with Gasteiger partial charge < -0.3 is 5.32 Å². The molecule has 162 valence electrons. The standard InChI is InChI=1S/C20H18ClFN4O3S2/c1-12-13(21)6-4-10-17(12)31(28,29)26-11-5-9-16(26)19-24-25-20(30-19)18(27)23-15-8-3-2-7-14(15)22/h2-4,6-8,10,16H,5,9,11H2,1H3,(H,23,27)/t16-/m1/s1. The van der Waals surface area contributed by atoms with Crippen molar-refractivity contribution in [3.05, 3.63) is 68.9 Å². The topological polar surface area (TPSA) is 92.3 Å². The van der Waals surface area contributed by atoms with Gasteiger partial charge in [0.1, 0.15) is 10.8 Å². The monoisotopic (exact) mass is 480 g/mol. The molecule has 1 aromatic heterocycles. The van der Waals surface area contributed by atoms with Gasteiger partial charge in [-0.1, -0.05) is 41.1 Å². The molecule has 1 N–H and O–H groups in total. The van der Waals surface area contributed by atoms with Crippen molar-refractivity contribution in [2.75, 3.05) is 11.9 Å². The minimum atomic E-state index is -3.82. The molecule has 0 unspecified atom stereocenters. The zero-order valence-corrected chi connectivity index (χ0v) is 18.8. The fraction of sp³-hybridized carbons (Fsp3) is 0.250. The lowest BCUT2D eigenvalue weighted by Gasteiger charge is -2.23. The van der Waals surface area contributed by atoms with Crippen molar-refractivity contribution in [3.63, 3.8) is 0 Å². The number of sulfonamides is 1. The Morgan fingerprint density at radius 2 is 2.00 bits per heavy atom. The van der Waals surface area contributed by atoms with E-state index in [0.717, 1.165) is 11.3 Å². The van der Waals surface area contributed by atoms with Crippen molar-refractivity contribution in [3.8, 4) is 0 Å². The summed E-state index contributed by atoms with van der Waals surface area (Å²) >= 11 is 7.12. The first-order chi connectivity index (χ1) is 14.8. The maximum absolute atomic E-state index is 13.8. The molecular formula is C20H18ClFN4O3S2. The van der Waals surface area contributed by atoms with Gasteiger partial charge in [-0.3, -0.25) is 4.79 Å². The van der Waals surface area contributed by atoms with E-state index in [1.807, 2.05) is 0 Å². The fourth-order valence-electron chi connectivity index (χ4n) is 3.47. The van der Waals surface area contributed by atoms with Crippen molar-refractivity contribution in [2.45, 2.75) is 30.7 Å². The first kappa shape index (κ1) is 21.8. The normalized spacial score (nSPS) is 17.1. The molecule has 1 saturated heterocycles. The van der Waals surface area contributed by atoms with Gasteiger partial charge >= 0.3 is 0 Å². The summed E-state index contributed by atoms with van der Waals surface area (Å²) in [5.74, 6) is -1.17. The molecule has 1 amide bonds. The van der Waals surface area contributed by atoms with Crippen LogP contribution in [-0.4, -0.2) is 35.4 Å². The van der Waals surface area contributed by atoms with E-state index in [-0.39, 0.29) is 15.6 Å². The number of carbonyl (C=O) groups excluding carboxylic acids is 1. The summed E-state index contributed by atoms with van der Waals surface area (Å²) in [4.78, 5) is 12.6. The van der Waals surface area contributed by atoms with Crippen LogP contribution in [0.4, 0.5) is 10.1 Å². The Bertz CT molecular complexity index is 1250. The van der Waals surface area contributed by atoms with E-state index in [9.17, 15) is 17.6 Å². The van der Waals surface area contributed by atoms with Crippen LogP contribution in [0.5, 0.6) is 0 Å². The highest BCUT2D eigenvalue weighted by molar-refractivity contribution is 7.89. The van der Waals surface area contributed by atoms with Gasteiger partial charge in [-0.2, -0.15) is 4.31 Å². The molecule has 3 aromatic rings. The van der Waals surface area contributed by atoms with Crippen LogP contribution < -0.4 is 5.32 Å². The van der Waals surface area contributed by atoms with E-state index in [0.29, 0.717) is 35.0 Å². The number of rotatable bonds is 5. The second-order valence-corrected chi connectivity index (χ2v) is 10.3. The maximum Gasteiger partial charge on any atom is 0.286 e. The molecule has 1 fully saturated rings. The lowest BCUT2D eigenvalue weighted by molar-refractivity contribution is 0.102. The summed E-state index contributed by atoms with van der Waals surface area (Å²) in [6.45, 7) is 1.99. The molecule has 0 bridgehead atoms. The number of para-hydroxylation sites is 1. The average molecular weight is 481 g/mol. The number of hydrogen-bond donors (Lipinski definition) is 1. The second kappa shape index (κ2) is 8.62. The summed E-state index contributed by atoms with van der Waals surface area (Å²) in [6, 6.07) is 10.0. The molecule has 0 spiro atoms.